The van der Waals surface area contributed by atoms with Crippen molar-refractivity contribution in [3.8, 4) is 5.75 Å². The number of methoxy groups -OCH3 is 1. The third-order valence-electron chi connectivity index (χ3n) is 2.45. The van der Waals surface area contributed by atoms with Crippen LogP contribution in [0.5, 0.6) is 5.75 Å². The molecule has 0 aliphatic heterocycles. The van der Waals surface area contributed by atoms with E-state index in [1.165, 1.54) is 13.4 Å². The van der Waals surface area contributed by atoms with Gasteiger partial charge in [-0.1, -0.05) is 25.4 Å². The molecule has 1 aromatic rings. The summed E-state index contributed by atoms with van der Waals surface area (Å²) in [5.41, 5.74) is -0.809. The molecule has 102 valence electrons. The van der Waals surface area contributed by atoms with Crippen molar-refractivity contribution in [3.63, 3.8) is 0 Å². The smallest absolute Gasteiger partial charge is 0.198 e. The first-order valence-corrected chi connectivity index (χ1v) is 6.24. The Kier molecular flexibility index (Phi) is 5.16. The predicted molar refractivity (Wildman–Crippen MR) is 72.2 cm³/mol. The van der Waals surface area contributed by atoms with Crippen LogP contribution >= 0.6 is 11.6 Å². The minimum Gasteiger partial charge on any atom is -0.490 e. The lowest BCUT2D eigenvalue weighted by Gasteiger charge is -2.26. The first kappa shape index (κ1) is 15.0. The molecule has 0 aliphatic carbocycles. The van der Waals surface area contributed by atoms with Gasteiger partial charge in [0.05, 0.1) is 12.7 Å². The first-order chi connectivity index (χ1) is 8.35. The topological polar surface area (TPSA) is 67.3 Å². The number of nitrogens with one attached hydrogen (secondary N) is 1. The van der Waals surface area contributed by atoms with Gasteiger partial charge in [0, 0.05) is 6.54 Å². The average Bonchev–Trinajstić information content (AvgIpc) is 2.24. The van der Waals surface area contributed by atoms with Crippen LogP contribution in [0.15, 0.2) is 6.33 Å². The second-order valence-corrected chi connectivity index (χ2v) is 5.35. The first-order valence-electron chi connectivity index (χ1n) is 5.86. The Balaban J connectivity index is 2.71. The molecular formula is C12H20ClN3O2. The normalized spacial score (nSPS) is 14.4. The zero-order chi connectivity index (χ0) is 13.8. The molecule has 0 aliphatic rings. The zero-order valence-electron chi connectivity index (χ0n) is 11.2. The molecule has 0 radical (unpaired) electrons. The van der Waals surface area contributed by atoms with Crippen molar-refractivity contribution in [2.75, 3.05) is 19.0 Å². The molecule has 0 amide bonds. The highest BCUT2D eigenvalue weighted by Crippen LogP contribution is 2.29. The Hall–Kier alpha value is -1.07. The Labute approximate surface area is 113 Å². The summed E-state index contributed by atoms with van der Waals surface area (Å²) in [6.07, 6.45) is 2.05. The second kappa shape index (κ2) is 6.20. The highest BCUT2D eigenvalue weighted by atomic mass is 35.5. The minimum absolute atomic E-state index is 0.249. The molecular weight excluding hydrogens is 254 g/mol. The molecule has 5 nitrogen and oxygen atoms in total. The minimum atomic E-state index is -0.809. The molecule has 0 aromatic carbocycles. The second-order valence-electron chi connectivity index (χ2n) is 4.99. The van der Waals surface area contributed by atoms with Crippen LogP contribution in [0.2, 0.25) is 5.15 Å². The molecule has 1 aromatic heterocycles. The van der Waals surface area contributed by atoms with Crippen LogP contribution in [-0.2, 0) is 0 Å². The molecule has 0 saturated heterocycles. The summed E-state index contributed by atoms with van der Waals surface area (Å²) in [7, 11) is 1.50. The summed E-state index contributed by atoms with van der Waals surface area (Å²) in [4.78, 5) is 7.88. The fourth-order valence-corrected chi connectivity index (χ4v) is 2.10. The average molecular weight is 274 g/mol. The number of aromatic nitrogens is 2. The summed E-state index contributed by atoms with van der Waals surface area (Å²) in [6.45, 7) is 6.29. The van der Waals surface area contributed by atoms with Gasteiger partial charge < -0.3 is 15.2 Å². The molecule has 1 heterocycles. The van der Waals surface area contributed by atoms with E-state index in [2.05, 4.69) is 29.1 Å². The molecule has 1 rings (SSSR count). The quantitative estimate of drug-likeness (QED) is 0.779. The molecule has 6 heteroatoms. The van der Waals surface area contributed by atoms with E-state index in [0.717, 1.165) is 0 Å². The maximum absolute atomic E-state index is 10.2. The number of rotatable bonds is 6. The van der Waals surface area contributed by atoms with E-state index < -0.39 is 5.60 Å². The highest BCUT2D eigenvalue weighted by molar-refractivity contribution is 6.31. The molecule has 0 bridgehead atoms. The zero-order valence-corrected chi connectivity index (χ0v) is 12.0. The summed E-state index contributed by atoms with van der Waals surface area (Å²) in [5, 5.41) is 13.5. The maximum Gasteiger partial charge on any atom is 0.198 e. The lowest BCUT2D eigenvalue weighted by Crippen LogP contribution is -2.35. The molecule has 0 saturated carbocycles. The van der Waals surface area contributed by atoms with E-state index in [4.69, 9.17) is 16.3 Å². The van der Waals surface area contributed by atoms with Crippen LogP contribution in [0, 0.1) is 5.92 Å². The Morgan fingerprint density at radius 1 is 1.50 bits per heavy atom. The van der Waals surface area contributed by atoms with E-state index in [-0.39, 0.29) is 5.15 Å². The number of anilines is 1. The van der Waals surface area contributed by atoms with E-state index in [1.54, 1.807) is 6.92 Å². The summed E-state index contributed by atoms with van der Waals surface area (Å²) in [6, 6.07) is 0. The van der Waals surface area contributed by atoms with E-state index in [0.29, 0.717) is 30.5 Å². The van der Waals surface area contributed by atoms with Gasteiger partial charge in [0.25, 0.3) is 0 Å². The van der Waals surface area contributed by atoms with Gasteiger partial charge in [0.15, 0.2) is 16.7 Å². The number of hydrogen-bond acceptors (Lipinski definition) is 5. The van der Waals surface area contributed by atoms with Gasteiger partial charge in [0.2, 0.25) is 0 Å². The van der Waals surface area contributed by atoms with E-state index in [9.17, 15) is 5.11 Å². The third kappa shape index (κ3) is 4.31. The van der Waals surface area contributed by atoms with Gasteiger partial charge in [-0.2, -0.15) is 0 Å². The van der Waals surface area contributed by atoms with Crippen molar-refractivity contribution in [1.82, 2.24) is 9.97 Å². The maximum atomic E-state index is 10.2. The molecule has 18 heavy (non-hydrogen) atoms. The van der Waals surface area contributed by atoms with Crippen molar-refractivity contribution in [1.29, 1.82) is 0 Å². The van der Waals surface area contributed by atoms with Crippen LogP contribution in [0.4, 0.5) is 5.82 Å². The lowest BCUT2D eigenvalue weighted by molar-refractivity contribution is 0.0514. The van der Waals surface area contributed by atoms with Crippen LogP contribution in [0.3, 0.4) is 0 Å². The van der Waals surface area contributed by atoms with Gasteiger partial charge in [-0.05, 0) is 19.3 Å². The Bertz CT molecular complexity index is 397. The standard InChI is InChI=1S/C12H20ClN3O2/c1-8(2)5-12(3,17)6-14-11-9(18-4)10(13)15-7-16-11/h7-8,17H,5-6H2,1-4H3,(H,14,15,16). The fourth-order valence-electron chi connectivity index (χ4n) is 1.88. The Morgan fingerprint density at radius 3 is 2.72 bits per heavy atom. The van der Waals surface area contributed by atoms with Gasteiger partial charge >= 0.3 is 0 Å². The third-order valence-corrected chi connectivity index (χ3v) is 2.72. The van der Waals surface area contributed by atoms with Crippen LogP contribution in [0.1, 0.15) is 27.2 Å². The summed E-state index contributed by atoms with van der Waals surface area (Å²) >= 11 is 5.89. The van der Waals surface area contributed by atoms with Crippen molar-refractivity contribution >= 4 is 17.4 Å². The molecule has 0 spiro atoms. The molecule has 0 fully saturated rings. The van der Waals surface area contributed by atoms with Crippen molar-refractivity contribution in [3.05, 3.63) is 11.5 Å². The lowest BCUT2D eigenvalue weighted by atomic mass is 9.94. The summed E-state index contributed by atoms with van der Waals surface area (Å²) < 4.78 is 5.12. The van der Waals surface area contributed by atoms with Crippen molar-refractivity contribution < 1.29 is 9.84 Å². The van der Waals surface area contributed by atoms with Crippen LogP contribution in [0.25, 0.3) is 0 Å². The molecule has 1 unspecified atom stereocenters. The number of aliphatic hydroxyl groups is 1. The largest absolute Gasteiger partial charge is 0.490 e. The number of hydrogen-bond donors (Lipinski definition) is 2. The van der Waals surface area contributed by atoms with E-state index >= 15 is 0 Å². The van der Waals surface area contributed by atoms with Gasteiger partial charge in [-0.25, -0.2) is 9.97 Å². The number of halogens is 1. The monoisotopic (exact) mass is 273 g/mol. The van der Waals surface area contributed by atoms with Crippen LogP contribution < -0.4 is 10.1 Å². The van der Waals surface area contributed by atoms with Gasteiger partial charge in [-0.15, -0.1) is 0 Å². The number of nitrogens with zero attached hydrogens (tertiary/aromatic N) is 2. The Morgan fingerprint density at radius 2 is 2.17 bits per heavy atom. The van der Waals surface area contributed by atoms with Crippen molar-refractivity contribution in [2.24, 2.45) is 5.92 Å². The summed E-state index contributed by atoms with van der Waals surface area (Å²) in [5.74, 6) is 1.29. The van der Waals surface area contributed by atoms with Gasteiger partial charge in [-0.3, -0.25) is 0 Å². The SMILES string of the molecule is COc1c(Cl)ncnc1NCC(C)(O)CC(C)C. The predicted octanol–water partition coefficient (Wildman–Crippen LogP) is 2.35. The fraction of sp³-hybridized carbons (Fsp3) is 0.667. The van der Waals surface area contributed by atoms with Crippen molar-refractivity contribution in [2.45, 2.75) is 32.8 Å². The highest BCUT2D eigenvalue weighted by Gasteiger charge is 2.22. The molecule has 1 atom stereocenters. The van der Waals surface area contributed by atoms with Crippen LogP contribution in [-0.4, -0.2) is 34.3 Å². The van der Waals surface area contributed by atoms with Gasteiger partial charge in [0.1, 0.15) is 6.33 Å². The number of ether oxygens (including phenoxy) is 1. The van der Waals surface area contributed by atoms with E-state index in [1.807, 2.05) is 0 Å². The molecule has 2 N–H and O–H groups in total.